The summed E-state index contributed by atoms with van der Waals surface area (Å²) in [7, 11) is -0.365. The number of carboxylic acids is 1. The maximum Gasteiger partial charge on any atom is 0.471 e. The van der Waals surface area contributed by atoms with Gasteiger partial charge in [0.05, 0.1) is 30.5 Å². The fraction of sp³-hybridized carbons (Fsp3) is 0.516. The van der Waals surface area contributed by atoms with Crippen LogP contribution < -0.4 is 16.0 Å². The molecule has 266 valence electrons. The molecule has 2 aromatic rings. The summed E-state index contributed by atoms with van der Waals surface area (Å²) >= 11 is 0. The molecule has 13 nitrogen and oxygen atoms in total. The Labute approximate surface area is 278 Å². The number of carbonyl (C=O) groups excluding carboxylic acids is 3. The average Bonchev–Trinajstić information content (AvgIpc) is 3.36. The number of carboxylic acid groups (broad SMARTS) is 1. The molecule has 3 amide bonds. The van der Waals surface area contributed by atoms with Crippen LogP contribution in [0.4, 0.5) is 34.1 Å². The van der Waals surface area contributed by atoms with Crippen LogP contribution in [0.3, 0.4) is 0 Å². The van der Waals surface area contributed by atoms with Crippen molar-refractivity contribution in [2.24, 2.45) is 5.92 Å². The van der Waals surface area contributed by atoms with Crippen LogP contribution in [0.15, 0.2) is 36.5 Å². The van der Waals surface area contributed by atoms with Crippen molar-refractivity contribution in [1.82, 2.24) is 14.9 Å². The van der Waals surface area contributed by atoms with Crippen LogP contribution in [-0.4, -0.2) is 72.3 Å². The Morgan fingerprint density at radius 2 is 1.75 bits per heavy atom. The second-order valence-electron chi connectivity index (χ2n) is 13.1. The zero-order chi connectivity index (χ0) is 36.4. The number of halogens is 3. The Morgan fingerprint density at radius 3 is 2.31 bits per heavy atom. The number of nitrogens with one attached hydrogen (secondary N) is 3. The van der Waals surface area contributed by atoms with E-state index in [-0.39, 0.29) is 41.6 Å². The Hall–Kier alpha value is -4.38. The monoisotopic (exact) mass is 699 g/mol. The van der Waals surface area contributed by atoms with Gasteiger partial charge in [-0.25, -0.2) is 14.6 Å². The van der Waals surface area contributed by atoms with Crippen molar-refractivity contribution in [3.8, 4) is 11.3 Å². The van der Waals surface area contributed by atoms with Gasteiger partial charge in [-0.2, -0.15) is 13.2 Å². The van der Waals surface area contributed by atoms with Crippen molar-refractivity contribution < 1.29 is 51.7 Å². The molecule has 0 spiro atoms. The summed E-state index contributed by atoms with van der Waals surface area (Å²) < 4.78 is 57.4. The van der Waals surface area contributed by atoms with Gasteiger partial charge < -0.3 is 34.5 Å². The second-order valence-corrected chi connectivity index (χ2v) is 18.7. The number of aliphatic carboxylic acids is 1. The fourth-order valence-electron chi connectivity index (χ4n) is 3.97. The van der Waals surface area contributed by atoms with Crippen LogP contribution in [-0.2, 0) is 30.5 Å². The van der Waals surface area contributed by atoms with Gasteiger partial charge in [-0.15, -0.1) is 0 Å². The van der Waals surface area contributed by atoms with E-state index in [0.29, 0.717) is 6.61 Å². The van der Waals surface area contributed by atoms with Crippen molar-refractivity contribution in [2.75, 3.05) is 24.4 Å². The first-order chi connectivity index (χ1) is 22.1. The highest BCUT2D eigenvalue weighted by Gasteiger charge is 2.39. The molecular weight excluding hydrogens is 655 g/mol. The highest BCUT2D eigenvalue weighted by Crippen LogP contribution is 2.33. The van der Waals surface area contributed by atoms with Gasteiger partial charge in [-0.05, 0) is 58.4 Å². The lowest BCUT2D eigenvalue weighted by molar-refractivity contribution is -0.167. The number of nitrogens with zero attached hydrogens (tertiary/aromatic N) is 2. The molecule has 2 rings (SSSR count). The van der Waals surface area contributed by atoms with Crippen molar-refractivity contribution in [1.29, 1.82) is 0 Å². The first kappa shape index (κ1) is 39.8. The van der Waals surface area contributed by atoms with E-state index >= 15 is 0 Å². The maximum atomic E-state index is 13.3. The number of ether oxygens (including phenoxy) is 3. The molecule has 2 unspecified atom stereocenters. The number of hydrogen-bond acceptors (Lipinski definition) is 8. The van der Waals surface area contributed by atoms with Crippen molar-refractivity contribution in [3.63, 3.8) is 0 Å². The van der Waals surface area contributed by atoms with E-state index < -0.39 is 55.9 Å². The molecule has 0 aliphatic rings. The lowest BCUT2D eigenvalue weighted by atomic mass is 10.1. The summed E-state index contributed by atoms with van der Waals surface area (Å²) in [6, 6.07) is 3.77. The van der Waals surface area contributed by atoms with Crippen LogP contribution in [0.2, 0.25) is 25.7 Å². The van der Waals surface area contributed by atoms with Gasteiger partial charge in [0.25, 0.3) is 0 Å². The van der Waals surface area contributed by atoms with Gasteiger partial charge in [0.1, 0.15) is 18.2 Å². The van der Waals surface area contributed by atoms with Gasteiger partial charge in [-0.3, -0.25) is 14.9 Å². The van der Waals surface area contributed by atoms with E-state index in [0.717, 1.165) is 19.2 Å². The summed E-state index contributed by atoms with van der Waals surface area (Å²) in [5.74, 6) is -3.93. The minimum atomic E-state index is -5.22. The summed E-state index contributed by atoms with van der Waals surface area (Å²) in [5.41, 5.74) is -1.00. The third-order valence-corrected chi connectivity index (χ3v) is 8.16. The molecule has 17 heteroatoms. The first-order valence-corrected chi connectivity index (χ1v) is 18.7. The van der Waals surface area contributed by atoms with Crippen molar-refractivity contribution >= 4 is 43.5 Å². The number of carbonyl (C=O) groups is 4. The molecule has 2 atom stereocenters. The molecule has 1 aromatic carbocycles. The largest absolute Gasteiger partial charge is 0.481 e. The van der Waals surface area contributed by atoms with Crippen LogP contribution >= 0.6 is 0 Å². The van der Waals surface area contributed by atoms with Gasteiger partial charge in [0.15, 0.2) is 0 Å². The number of benzene rings is 1. The van der Waals surface area contributed by atoms with E-state index in [1.807, 2.05) is 5.32 Å². The predicted molar refractivity (Wildman–Crippen MR) is 175 cm³/mol. The lowest BCUT2D eigenvalue weighted by Crippen LogP contribution is -2.36. The van der Waals surface area contributed by atoms with Crippen molar-refractivity contribution in [3.05, 3.63) is 42.4 Å². The minimum Gasteiger partial charge on any atom is -0.481 e. The standard InChI is InChI=1S/C31H44F3N5O8Si/c1-19(26(40)41)10-9-11-22(38-29(44)47-30(2,3)4)25-36-24(17-39(25)18-46-14-15-48(6,7)8)21-13-12-20(35-28(43)45-5)16-23(21)37-27(42)31(32,33)34/h9-10,12-13,16-17,19,22H,11,14-15,18H2,1-8H3,(H,35,43)(H,37,42)(H,38,44)(H,40,41). The number of alkyl carbamates (subject to hydrolysis) is 1. The van der Waals surface area contributed by atoms with Crippen LogP contribution in [0, 0.1) is 5.92 Å². The molecule has 0 fully saturated rings. The number of alkyl halides is 3. The number of imidazole rings is 1. The van der Waals surface area contributed by atoms with E-state index in [1.54, 1.807) is 31.4 Å². The number of rotatable bonds is 14. The van der Waals surface area contributed by atoms with Gasteiger partial charge in [0.2, 0.25) is 0 Å². The van der Waals surface area contributed by atoms with E-state index in [9.17, 15) is 37.5 Å². The molecule has 48 heavy (non-hydrogen) atoms. The summed E-state index contributed by atoms with van der Waals surface area (Å²) in [4.78, 5) is 52.7. The molecular formula is C31H44F3N5O8Si. The van der Waals surface area contributed by atoms with E-state index in [4.69, 9.17) is 9.47 Å². The quantitative estimate of drug-likeness (QED) is 0.0944. The Kier molecular flexibility index (Phi) is 13.8. The van der Waals surface area contributed by atoms with Gasteiger partial charge in [0, 0.05) is 32.1 Å². The summed E-state index contributed by atoms with van der Waals surface area (Å²) in [5, 5.41) is 16.2. The summed E-state index contributed by atoms with van der Waals surface area (Å²) in [6.07, 6.45) is -2.35. The Balaban J connectivity index is 2.70. The number of amides is 3. The van der Waals surface area contributed by atoms with Crippen LogP contribution in [0.25, 0.3) is 11.3 Å². The van der Waals surface area contributed by atoms with Gasteiger partial charge >= 0.3 is 30.2 Å². The number of hydrogen-bond donors (Lipinski definition) is 4. The SMILES string of the molecule is COC(=O)Nc1ccc(-c2cn(COCC[Si](C)(C)C)c(C(CC=CC(C)C(=O)O)NC(=O)OC(C)(C)C)n2)c(NC(=O)C(F)(F)F)c1. The zero-order valence-corrected chi connectivity index (χ0v) is 29.3. The molecule has 0 saturated carbocycles. The fourth-order valence-corrected chi connectivity index (χ4v) is 4.73. The Morgan fingerprint density at radius 1 is 1.08 bits per heavy atom. The predicted octanol–water partition coefficient (Wildman–Crippen LogP) is 6.77. The van der Waals surface area contributed by atoms with Crippen LogP contribution in [0.5, 0.6) is 0 Å². The topological polar surface area (TPSA) is 170 Å². The molecule has 0 radical (unpaired) electrons. The molecule has 1 heterocycles. The maximum absolute atomic E-state index is 13.3. The highest BCUT2D eigenvalue weighted by atomic mass is 28.3. The van der Waals surface area contributed by atoms with E-state index in [1.165, 1.54) is 31.3 Å². The average molecular weight is 700 g/mol. The Bertz CT molecular complexity index is 1480. The normalized spacial score (nSPS) is 13.5. The molecule has 0 bridgehead atoms. The second kappa shape index (κ2) is 16.6. The van der Waals surface area contributed by atoms with Crippen LogP contribution in [0.1, 0.15) is 46.0 Å². The van der Waals surface area contributed by atoms with Crippen molar-refractivity contribution in [2.45, 2.75) is 84.4 Å². The third-order valence-electron chi connectivity index (χ3n) is 6.46. The molecule has 0 aliphatic heterocycles. The summed E-state index contributed by atoms with van der Waals surface area (Å²) in [6.45, 7) is 13.4. The first-order valence-electron chi connectivity index (χ1n) is 15.0. The lowest BCUT2D eigenvalue weighted by Gasteiger charge is -2.23. The molecule has 1 aromatic heterocycles. The van der Waals surface area contributed by atoms with E-state index in [2.05, 4.69) is 40.0 Å². The number of aromatic nitrogens is 2. The smallest absolute Gasteiger partial charge is 0.471 e. The number of anilines is 2. The number of methoxy groups -OCH3 is 1. The molecule has 4 N–H and O–H groups in total. The highest BCUT2D eigenvalue weighted by molar-refractivity contribution is 6.76. The molecule has 0 aliphatic carbocycles. The minimum absolute atomic E-state index is 0.0274. The molecule has 0 saturated heterocycles. The zero-order valence-electron chi connectivity index (χ0n) is 28.3. The van der Waals surface area contributed by atoms with Gasteiger partial charge in [-0.1, -0.05) is 31.8 Å². The third kappa shape index (κ3) is 13.4.